The van der Waals surface area contributed by atoms with Gasteiger partial charge in [0.15, 0.2) is 0 Å². The Kier molecular flexibility index (Phi) is 6.13. The highest BCUT2D eigenvalue weighted by molar-refractivity contribution is 5.89. The summed E-state index contributed by atoms with van der Waals surface area (Å²) in [5.74, 6) is 3.36. The Morgan fingerprint density at radius 2 is 0.816 bits per heavy atom. The number of benzene rings is 7. The van der Waals surface area contributed by atoms with Crippen LogP contribution in [0.15, 0.2) is 186 Å². The molecule has 0 radical (unpaired) electrons. The van der Waals surface area contributed by atoms with E-state index in [9.17, 15) is 0 Å². The Morgan fingerprint density at radius 1 is 0.306 bits per heavy atom. The van der Waals surface area contributed by atoms with Crippen LogP contribution in [0.3, 0.4) is 0 Å². The molecule has 0 atom stereocenters. The van der Waals surface area contributed by atoms with Crippen LogP contribution in [-0.4, -0.2) is 0 Å². The van der Waals surface area contributed by atoms with E-state index in [1.807, 2.05) is 6.07 Å². The third-order valence-corrected chi connectivity index (χ3v) is 10.2. The second-order valence-corrected chi connectivity index (χ2v) is 12.8. The Hall–Kier alpha value is -6.38. The molecule has 0 N–H and O–H groups in total. The molecule has 0 saturated heterocycles. The van der Waals surface area contributed by atoms with Crippen LogP contribution in [0, 0.1) is 0 Å². The molecule has 0 bridgehead atoms. The van der Waals surface area contributed by atoms with Crippen molar-refractivity contribution in [2.75, 3.05) is 0 Å². The number of para-hydroxylation sites is 1. The van der Waals surface area contributed by atoms with E-state index in [1.165, 1.54) is 38.9 Å². The molecule has 1 spiro atoms. The van der Waals surface area contributed by atoms with Crippen LogP contribution in [-0.2, 0) is 5.41 Å². The molecule has 10 rings (SSSR count). The molecule has 2 aliphatic rings. The van der Waals surface area contributed by atoms with Crippen molar-refractivity contribution < 1.29 is 9.15 Å². The Bertz CT molecular complexity index is 2470. The van der Waals surface area contributed by atoms with Crippen LogP contribution in [0.2, 0.25) is 0 Å². The molecule has 2 heterocycles. The molecule has 1 aliphatic heterocycles. The maximum absolute atomic E-state index is 6.72. The molecule has 230 valence electrons. The van der Waals surface area contributed by atoms with E-state index in [4.69, 9.17) is 9.15 Å². The van der Waals surface area contributed by atoms with Crippen molar-refractivity contribution >= 4 is 0 Å². The van der Waals surface area contributed by atoms with Crippen molar-refractivity contribution in [3.05, 3.63) is 204 Å². The van der Waals surface area contributed by atoms with Crippen molar-refractivity contribution in [1.29, 1.82) is 0 Å². The van der Waals surface area contributed by atoms with Crippen LogP contribution in [0.5, 0.6) is 11.5 Å². The molecular weight excluding hydrogens is 597 g/mol. The minimum atomic E-state index is -0.473. The predicted octanol–water partition coefficient (Wildman–Crippen LogP) is 12.4. The summed E-state index contributed by atoms with van der Waals surface area (Å²) in [6.45, 7) is 0. The molecule has 8 aromatic rings. The first-order valence-electron chi connectivity index (χ1n) is 16.8. The van der Waals surface area contributed by atoms with Gasteiger partial charge in [-0.2, -0.15) is 0 Å². The smallest absolute Gasteiger partial charge is 0.135 e. The summed E-state index contributed by atoms with van der Waals surface area (Å²) in [7, 11) is 0. The van der Waals surface area contributed by atoms with Gasteiger partial charge in [0.2, 0.25) is 0 Å². The highest BCUT2D eigenvalue weighted by Gasteiger charge is 2.50. The summed E-state index contributed by atoms with van der Waals surface area (Å²) in [4.78, 5) is 0. The fraction of sp³-hybridized carbons (Fsp3) is 0.0213. The number of rotatable bonds is 4. The fourth-order valence-electron chi connectivity index (χ4n) is 8.07. The van der Waals surface area contributed by atoms with Crippen molar-refractivity contribution in [3.8, 4) is 67.5 Å². The lowest BCUT2D eigenvalue weighted by Gasteiger charge is -2.39. The standard InChI is InChI=1S/C47H30O2/c1-2-12-31(13-3-1)32-22-24-33(25-23-32)35-14-4-5-17-38(35)44-29-28-43(48-44)34-26-27-42-46(30-34)49-45-21-11-10-20-41(45)47(42)39-18-8-6-15-36(39)37-16-7-9-19-40(37)47/h1-30H. The molecule has 7 aromatic carbocycles. The van der Waals surface area contributed by atoms with Crippen LogP contribution in [0.4, 0.5) is 0 Å². The zero-order chi connectivity index (χ0) is 32.4. The average molecular weight is 627 g/mol. The minimum Gasteiger partial charge on any atom is -0.457 e. The summed E-state index contributed by atoms with van der Waals surface area (Å²) in [5.41, 5.74) is 13.7. The van der Waals surface area contributed by atoms with E-state index >= 15 is 0 Å². The molecule has 2 nitrogen and oxygen atoms in total. The van der Waals surface area contributed by atoms with Gasteiger partial charge in [0.1, 0.15) is 23.0 Å². The zero-order valence-corrected chi connectivity index (χ0v) is 26.6. The van der Waals surface area contributed by atoms with E-state index in [0.29, 0.717) is 0 Å². The number of fused-ring (bicyclic) bond motifs is 9. The van der Waals surface area contributed by atoms with Gasteiger partial charge in [-0.25, -0.2) is 0 Å². The topological polar surface area (TPSA) is 22.4 Å². The molecule has 49 heavy (non-hydrogen) atoms. The minimum absolute atomic E-state index is 0.473. The van der Waals surface area contributed by atoms with Gasteiger partial charge in [-0.15, -0.1) is 0 Å². The Labute approximate surface area is 285 Å². The third-order valence-electron chi connectivity index (χ3n) is 10.2. The quantitative estimate of drug-likeness (QED) is 0.194. The lowest BCUT2D eigenvalue weighted by atomic mass is 9.66. The van der Waals surface area contributed by atoms with Gasteiger partial charge in [0.25, 0.3) is 0 Å². The Balaban J connectivity index is 1.06. The van der Waals surface area contributed by atoms with Crippen molar-refractivity contribution in [2.45, 2.75) is 5.41 Å². The SMILES string of the molecule is c1ccc(-c2ccc(-c3ccccc3-c3ccc(-c4ccc5c(c4)Oc4ccccc4C54c5ccccc5-c5ccccc54)o3)cc2)cc1. The second-order valence-electron chi connectivity index (χ2n) is 12.8. The number of hydrogen-bond acceptors (Lipinski definition) is 2. The summed E-state index contributed by atoms with van der Waals surface area (Å²) in [5, 5.41) is 0. The fourth-order valence-corrected chi connectivity index (χ4v) is 8.07. The van der Waals surface area contributed by atoms with Crippen LogP contribution in [0.1, 0.15) is 22.3 Å². The number of furan rings is 1. The lowest BCUT2D eigenvalue weighted by molar-refractivity contribution is 0.436. The van der Waals surface area contributed by atoms with Crippen molar-refractivity contribution in [1.82, 2.24) is 0 Å². The van der Waals surface area contributed by atoms with E-state index in [1.54, 1.807) is 0 Å². The van der Waals surface area contributed by atoms with Gasteiger partial charge in [-0.05, 0) is 68.8 Å². The van der Waals surface area contributed by atoms with Crippen molar-refractivity contribution in [2.24, 2.45) is 0 Å². The third kappa shape index (κ3) is 4.14. The molecular formula is C47H30O2. The summed E-state index contributed by atoms with van der Waals surface area (Å²) >= 11 is 0. The molecule has 2 heteroatoms. The predicted molar refractivity (Wildman–Crippen MR) is 198 cm³/mol. The monoisotopic (exact) mass is 626 g/mol. The average Bonchev–Trinajstić information content (AvgIpc) is 3.78. The summed E-state index contributed by atoms with van der Waals surface area (Å²) in [6, 6.07) is 64.5. The van der Waals surface area contributed by atoms with Gasteiger partial charge < -0.3 is 9.15 Å². The number of hydrogen-bond donors (Lipinski definition) is 0. The normalized spacial score (nSPS) is 13.2. The first-order valence-corrected chi connectivity index (χ1v) is 16.8. The first kappa shape index (κ1) is 27.7. The van der Waals surface area contributed by atoms with E-state index in [2.05, 4.69) is 176 Å². The summed E-state index contributed by atoms with van der Waals surface area (Å²) < 4.78 is 13.4. The zero-order valence-electron chi connectivity index (χ0n) is 26.6. The molecule has 1 aromatic heterocycles. The van der Waals surface area contributed by atoms with E-state index in [0.717, 1.165) is 50.8 Å². The maximum atomic E-state index is 6.72. The van der Waals surface area contributed by atoms with Gasteiger partial charge >= 0.3 is 0 Å². The number of ether oxygens (including phenoxy) is 1. The molecule has 0 amide bonds. The Morgan fingerprint density at radius 3 is 1.55 bits per heavy atom. The van der Waals surface area contributed by atoms with Crippen molar-refractivity contribution in [3.63, 3.8) is 0 Å². The molecule has 0 unspecified atom stereocenters. The lowest BCUT2D eigenvalue weighted by Crippen LogP contribution is -2.32. The summed E-state index contributed by atoms with van der Waals surface area (Å²) in [6.07, 6.45) is 0. The highest BCUT2D eigenvalue weighted by Crippen LogP contribution is 2.62. The van der Waals surface area contributed by atoms with Crippen LogP contribution in [0.25, 0.3) is 56.0 Å². The first-order chi connectivity index (χ1) is 24.3. The van der Waals surface area contributed by atoms with E-state index in [-0.39, 0.29) is 0 Å². The van der Waals surface area contributed by atoms with Gasteiger partial charge in [0.05, 0.1) is 5.41 Å². The second kappa shape index (κ2) is 10.8. The maximum Gasteiger partial charge on any atom is 0.135 e. The molecule has 1 aliphatic carbocycles. The largest absolute Gasteiger partial charge is 0.457 e. The van der Waals surface area contributed by atoms with Gasteiger partial charge in [-0.1, -0.05) is 158 Å². The van der Waals surface area contributed by atoms with Crippen LogP contribution < -0.4 is 4.74 Å². The van der Waals surface area contributed by atoms with Gasteiger partial charge in [0, 0.05) is 22.3 Å². The van der Waals surface area contributed by atoms with E-state index < -0.39 is 5.41 Å². The molecule has 0 fully saturated rings. The highest BCUT2D eigenvalue weighted by atomic mass is 16.5. The van der Waals surface area contributed by atoms with Crippen LogP contribution >= 0.6 is 0 Å². The molecule has 0 saturated carbocycles. The van der Waals surface area contributed by atoms with Gasteiger partial charge in [-0.3, -0.25) is 0 Å².